The molecule has 5 nitrogen and oxygen atoms in total. The van der Waals surface area contributed by atoms with Gasteiger partial charge in [0.1, 0.15) is 5.75 Å². The number of aliphatic carboxylic acids is 1. The van der Waals surface area contributed by atoms with Gasteiger partial charge in [-0.3, -0.25) is 9.59 Å². The summed E-state index contributed by atoms with van der Waals surface area (Å²) in [5.41, 5.74) is 1.16. The molecule has 1 N–H and O–H groups in total. The van der Waals surface area contributed by atoms with E-state index in [1.807, 2.05) is 31.2 Å². The molecule has 1 rings (SSSR count). The molecule has 0 radical (unpaired) electrons. The Morgan fingerprint density at radius 2 is 2.00 bits per heavy atom. The van der Waals surface area contributed by atoms with Crippen molar-refractivity contribution in [2.24, 2.45) is 0 Å². The molecule has 0 atom stereocenters. The Kier molecular flexibility index (Phi) is 7.29. The highest BCUT2D eigenvalue weighted by Gasteiger charge is 2.09. The van der Waals surface area contributed by atoms with Crippen molar-refractivity contribution in [3.8, 4) is 5.75 Å². The predicted octanol–water partition coefficient (Wildman–Crippen LogP) is 2.48. The van der Waals surface area contributed by atoms with Gasteiger partial charge in [-0.2, -0.15) is 0 Å². The maximum atomic E-state index is 11.7. The number of benzene rings is 1. The molecule has 1 aromatic carbocycles. The SMILES string of the molecule is Cc1cccc(OCCCCC(=O)N(C)CCC(=O)O)c1. The lowest BCUT2D eigenvalue weighted by Crippen LogP contribution is -2.28. The number of unbranched alkanes of at least 4 members (excludes halogenated alkanes) is 1. The van der Waals surface area contributed by atoms with Gasteiger partial charge in [0.15, 0.2) is 0 Å². The third-order valence-electron chi connectivity index (χ3n) is 3.13. The molecule has 0 aromatic heterocycles. The fourth-order valence-electron chi connectivity index (χ4n) is 1.85. The Balaban J connectivity index is 2.13. The fourth-order valence-corrected chi connectivity index (χ4v) is 1.85. The number of carboxylic acids is 1. The molecular weight excluding hydrogens is 270 g/mol. The van der Waals surface area contributed by atoms with Crippen LogP contribution in [0.4, 0.5) is 0 Å². The van der Waals surface area contributed by atoms with E-state index < -0.39 is 5.97 Å². The molecule has 0 fully saturated rings. The minimum atomic E-state index is -0.888. The summed E-state index contributed by atoms with van der Waals surface area (Å²) in [5.74, 6) is -0.0621. The van der Waals surface area contributed by atoms with Crippen LogP contribution < -0.4 is 4.74 Å². The highest BCUT2D eigenvalue weighted by Crippen LogP contribution is 2.13. The quantitative estimate of drug-likeness (QED) is 0.710. The molecule has 1 amide bonds. The first-order valence-electron chi connectivity index (χ1n) is 7.14. The van der Waals surface area contributed by atoms with Gasteiger partial charge < -0.3 is 14.7 Å². The lowest BCUT2D eigenvalue weighted by Gasteiger charge is -2.15. The number of hydrogen-bond donors (Lipinski definition) is 1. The number of ether oxygens (including phenoxy) is 1. The average molecular weight is 293 g/mol. The molecule has 0 bridgehead atoms. The van der Waals surface area contributed by atoms with Gasteiger partial charge >= 0.3 is 5.97 Å². The molecule has 0 saturated carbocycles. The van der Waals surface area contributed by atoms with Crippen LogP contribution in [0.15, 0.2) is 24.3 Å². The van der Waals surface area contributed by atoms with E-state index in [0.717, 1.165) is 24.2 Å². The van der Waals surface area contributed by atoms with Gasteiger partial charge in [-0.1, -0.05) is 12.1 Å². The van der Waals surface area contributed by atoms with Gasteiger partial charge in [-0.05, 0) is 37.5 Å². The van der Waals surface area contributed by atoms with Crippen molar-refractivity contribution in [3.05, 3.63) is 29.8 Å². The average Bonchev–Trinajstić information content (AvgIpc) is 2.44. The van der Waals surface area contributed by atoms with E-state index in [-0.39, 0.29) is 18.9 Å². The molecule has 1 aromatic rings. The number of hydrogen-bond acceptors (Lipinski definition) is 3. The van der Waals surface area contributed by atoms with Crippen molar-refractivity contribution in [2.45, 2.75) is 32.6 Å². The third kappa shape index (κ3) is 7.34. The van der Waals surface area contributed by atoms with Crippen molar-refractivity contribution in [2.75, 3.05) is 20.2 Å². The van der Waals surface area contributed by atoms with Gasteiger partial charge in [0.05, 0.1) is 13.0 Å². The highest BCUT2D eigenvalue weighted by atomic mass is 16.5. The Morgan fingerprint density at radius 1 is 1.24 bits per heavy atom. The largest absolute Gasteiger partial charge is 0.494 e. The van der Waals surface area contributed by atoms with Gasteiger partial charge in [0, 0.05) is 20.0 Å². The summed E-state index contributed by atoms with van der Waals surface area (Å²) < 4.78 is 5.61. The second kappa shape index (κ2) is 9.00. The Labute approximate surface area is 125 Å². The third-order valence-corrected chi connectivity index (χ3v) is 3.13. The van der Waals surface area contributed by atoms with Crippen molar-refractivity contribution < 1.29 is 19.4 Å². The molecular formula is C16H23NO4. The summed E-state index contributed by atoms with van der Waals surface area (Å²) in [6, 6.07) is 7.85. The van der Waals surface area contributed by atoms with Crippen LogP contribution >= 0.6 is 0 Å². The number of amides is 1. The highest BCUT2D eigenvalue weighted by molar-refractivity contribution is 5.76. The molecule has 0 saturated heterocycles. The molecule has 0 aliphatic rings. The topological polar surface area (TPSA) is 66.8 Å². The monoisotopic (exact) mass is 293 g/mol. The number of aryl methyl sites for hydroxylation is 1. The fraction of sp³-hybridized carbons (Fsp3) is 0.500. The van der Waals surface area contributed by atoms with Gasteiger partial charge in [-0.25, -0.2) is 0 Å². The van der Waals surface area contributed by atoms with Gasteiger partial charge in [-0.15, -0.1) is 0 Å². The maximum absolute atomic E-state index is 11.7. The molecule has 116 valence electrons. The van der Waals surface area contributed by atoms with Crippen LogP contribution in [0.1, 0.15) is 31.2 Å². The van der Waals surface area contributed by atoms with Crippen molar-refractivity contribution >= 4 is 11.9 Å². The van der Waals surface area contributed by atoms with Crippen molar-refractivity contribution in [3.63, 3.8) is 0 Å². The van der Waals surface area contributed by atoms with Crippen LogP contribution in [0.5, 0.6) is 5.75 Å². The Hall–Kier alpha value is -2.04. The summed E-state index contributed by atoms with van der Waals surface area (Å²) in [6.45, 7) is 2.85. The van der Waals surface area contributed by atoms with Crippen LogP contribution in [-0.4, -0.2) is 42.1 Å². The zero-order chi connectivity index (χ0) is 15.7. The molecule has 0 aliphatic carbocycles. The first kappa shape index (κ1) is 17.0. The van der Waals surface area contributed by atoms with E-state index >= 15 is 0 Å². The van der Waals surface area contributed by atoms with Crippen LogP contribution in [0, 0.1) is 6.92 Å². The molecule has 0 heterocycles. The summed E-state index contributed by atoms with van der Waals surface area (Å²) in [5, 5.41) is 8.56. The van der Waals surface area contributed by atoms with E-state index in [0.29, 0.717) is 13.0 Å². The Morgan fingerprint density at radius 3 is 2.67 bits per heavy atom. The van der Waals surface area contributed by atoms with Crippen molar-refractivity contribution in [1.29, 1.82) is 0 Å². The maximum Gasteiger partial charge on any atom is 0.305 e. The summed E-state index contributed by atoms with van der Waals surface area (Å²) >= 11 is 0. The predicted molar refractivity (Wildman–Crippen MR) is 80.4 cm³/mol. The first-order chi connectivity index (χ1) is 9.99. The zero-order valence-electron chi connectivity index (χ0n) is 12.7. The zero-order valence-corrected chi connectivity index (χ0v) is 12.7. The summed E-state index contributed by atoms with van der Waals surface area (Å²) in [4.78, 5) is 23.6. The van der Waals surface area contributed by atoms with Gasteiger partial charge in [0.2, 0.25) is 5.91 Å². The molecule has 0 aliphatic heterocycles. The standard InChI is InChI=1S/C16H23NO4/c1-13-6-5-7-14(12-13)21-11-4-3-8-15(18)17(2)10-9-16(19)20/h5-7,12H,3-4,8-11H2,1-2H3,(H,19,20). The number of carbonyl (C=O) groups is 2. The minimum absolute atomic E-state index is 0.0152. The van der Waals surface area contributed by atoms with Crippen LogP contribution in [0.25, 0.3) is 0 Å². The molecule has 0 unspecified atom stereocenters. The molecule has 21 heavy (non-hydrogen) atoms. The van der Waals surface area contributed by atoms with E-state index in [4.69, 9.17) is 9.84 Å². The van der Waals surface area contributed by atoms with Crippen LogP contribution in [0.2, 0.25) is 0 Å². The van der Waals surface area contributed by atoms with Crippen LogP contribution in [0.3, 0.4) is 0 Å². The number of carbonyl (C=O) groups excluding carboxylic acids is 1. The van der Waals surface area contributed by atoms with Gasteiger partial charge in [0.25, 0.3) is 0 Å². The second-order valence-electron chi connectivity index (χ2n) is 5.08. The van der Waals surface area contributed by atoms with E-state index in [1.165, 1.54) is 4.90 Å². The lowest BCUT2D eigenvalue weighted by atomic mass is 10.2. The summed E-state index contributed by atoms with van der Waals surface area (Å²) in [6.07, 6.45) is 1.94. The number of rotatable bonds is 9. The molecule has 5 heteroatoms. The number of nitrogens with zero attached hydrogens (tertiary/aromatic N) is 1. The van der Waals surface area contributed by atoms with E-state index in [1.54, 1.807) is 7.05 Å². The minimum Gasteiger partial charge on any atom is -0.494 e. The first-order valence-corrected chi connectivity index (χ1v) is 7.14. The smallest absolute Gasteiger partial charge is 0.305 e. The lowest BCUT2D eigenvalue weighted by molar-refractivity contribution is -0.138. The second-order valence-corrected chi connectivity index (χ2v) is 5.08. The normalized spacial score (nSPS) is 10.2. The van der Waals surface area contributed by atoms with Crippen molar-refractivity contribution in [1.82, 2.24) is 4.90 Å². The molecule has 0 spiro atoms. The van der Waals surface area contributed by atoms with E-state index in [2.05, 4.69) is 0 Å². The summed E-state index contributed by atoms with van der Waals surface area (Å²) in [7, 11) is 1.63. The number of carboxylic acid groups (broad SMARTS) is 1. The Bertz CT molecular complexity index is 473. The van der Waals surface area contributed by atoms with Crippen LogP contribution in [-0.2, 0) is 9.59 Å². The van der Waals surface area contributed by atoms with E-state index in [9.17, 15) is 9.59 Å².